The van der Waals surface area contributed by atoms with E-state index in [0.29, 0.717) is 112 Å². The van der Waals surface area contributed by atoms with Gasteiger partial charge in [0.1, 0.15) is 0 Å². The maximum absolute atomic E-state index is 11.4. The van der Waals surface area contributed by atoms with E-state index in [2.05, 4.69) is 102 Å². The molecule has 0 aromatic heterocycles. The van der Waals surface area contributed by atoms with Gasteiger partial charge in [-0.2, -0.15) is 0 Å². The van der Waals surface area contributed by atoms with Gasteiger partial charge in [0.2, 0.25) is 17.7 Å². The van der Waals surface area contributed by atoms with Gasteiger partial charge in [0, 0.05) is 98.9 Å². The number of nitrogens with zero attached hydrogens (tertiary/aromatic N) is 3. The zero-order chi connectivity index (χ0) is 73.8. The first kappa shape index (κ1) is 108. The monoisotopic (exact) mass is 1310 g/mol. The lowest BCUT2D eigenvalue weighted by molar-refractivity contribution is -0.147. The first-order chi connectivity index (χ1) is 42.0. The maximum Gasteiger partial charge on any atom is 0.308 e. The van der Waals surface area contributed by atoms with Gasteiger partial charge in [-0.25, -0.2) is 0 Å². The van der Waals surface area contributed by atoms with Crippen LogP contribution in [0.3, 0.4) is 0 Å². The number of amides is 3. The fourth-order valence-corrected chi connectivity index (χ4v) is 5.85. The van der Waals surface area contributed by atoms with Crippen LogP contribution in [0.25, 0.3) is 0 Å². The number of rotatable bonds is 30. The highest BCUT2D eigenvalue weighted by atomic mass is 16.5. The molecule has 0 radical (unpaired) electrons. The molecular formula is C72H149N3O16. The van der Waals surface area contributed by atoms with Gasteiger partial charge >= 0.3 is 35.8 Å². The highest BCUT2D eigenvalue weighted by Crippen LogP contribution is 2.08. The first-order valence-corrected chi connectivity index (χ1v) is 34.0. The SMILES string of the molecule is CC(C)CCC(=O)N(C)C.CCN(CC)C(=O)CC(C)C.CCN(CC)C(=O)CCC(C)C.CCOC(=O)C(C)C.CCOC(=O)CC(C)C.CCOC(=O)CCC(C)C.COC(=O)C(C)C.COC(=O)CC(C)C.COC(=O)CCC(C)C.COCCC(C)C. The number of carbonyl (C=O) groups is 9. The summed E-state index contributed by atoms with van der Waals surface area (Å²) in [6.45, 7) is 59.9. The molecule has 0 spiro atoms. The van der Waals surface area contributed by atoms with E-state index in [1.807, 2.05) is 92.9 Å². The Bertz CT molecular complexity index is 1670. The van der Waals surface area contributed by atoms with Gasteiger partial charge in [-0.15, -0.1) is 0 Å². The van der Waals surface area contributed by atoms with Crippen molar-refractivity contribution >= 4 is 53.5 Å². The quantitative estimate of drug-likeness (QED) is 0.0481. The van der Waals surface area contributed by atoms with Crippen LogP contribution in [-0.2, 0) is 76.3 Å². The smallest absolute Gasteiger partial charge is 0.308 e. The maximum atomic E-state index is 11.4. The molecule has 0 unspecified atom stereocenters. The summed E-state index contributed by atoms with van der Waals surface area (Å²) >= 11 is 0. The van der Waals surface area contributed by atoms with Crippen LogP contribution in [0.1, 0.15) is 264 Å². The Morgan fingerprint density at radius 2 is 0.615 bits per heavy atom. The molecule has 0 atom stereocenters. The number of carbonyl (C=O) groups excluding carboxylic acids is 9. The molecule has 0 aromatic carbocycles. The van der Waals surface area contributed by atoms with E-state index in [4.69, 9.17) is 14.2 Å². The molecule has 0 heterocycles. The van der Waals surface area contributed by atoms with Crippen LogP contribution in [0.5, 0.6) is 0 Å². The van der Waals surface area contributed by atoms with Gasteiger partial charge in [-0.1, -0.05) is 138 Å². The van der Waals surface area contributed by atoms with Crippen molar-refractivity contribution in [1.29, 1.82) is 0 Å². The third-order valence-electron chi connectivity index (χ3n) is 11.6. The Labute approximate surface area is 560 Å². The number of esters is 6. The standard InChI is InChI=1S/C10H21NO.C9H19NO.C8H17NO.C8H16O2.2C7H14O2.2C6H12O2.C6H14O.C5H10O2/c1-5-11(6-2)10(12)8-7-9(3)4;1-5-10(6-2)9(11)7-8(3)4;1-7(2)5-6-8(10)9(3)4;1-4-10-8(9)6-5-7(2)3;1-6(2)4-5-7(8)9-3;1-4-9-7(8)5-6(2)3;1-5(2)4-6(7)8-3;1-4-8-6(7)5(2)3;1-6(2)4-5-7-3;1-4(2)5(6)7-3/h9H,5-8H2,1-4H3;8H,5-7H2,1-4H3;7H,5-6H2,1-4H3;7H,4-6H2,1-3H3;2*6H,4-5H2,1-3H3;2*5H,4H2,1-3H3;6H,4-5H2,1-3H3;4H,1-3H3. The second kappa shape index (κ2) is 77.6. The zero-order valence-electron chi connectivity index (χ0n) is 65.3. The Balaban J connectivity index is -0.000000101. The molecule has 548 valence electrons. The molecule has 0 aromatic rings. The van der Waals surface area contributed by atoms with Crippen molar-refractivity contribution in [3.8, 4) is 0 Å². The minimum atomic E-state index is -0.153. The predicted octanol–water partition coefficient (Wildman–Crippen LogP) is 15.8. The van der Waals surface area contributed by atoms with Gasteiger partial charge in [0.25, 0.3) is 0 Å². The van der Waals surface area contributed by atoms with Crippen molar-refractivity contribution in [2.24, 2.45) is 59.2 Å². The summed E-state index contributed by atoms with van der Waals surface area (Å²) < 4.78 is 32.2. The third kappa shape index (κ3) is 107. The summed E-state index contributed by atoms with van der Waals surface area (Å²) in [6.07, 6.45) is 9.28. The zero-order valence-corrected chi connectivity index (χ0v) is 65.3. The van der Waals surface area contributed by atoms with Crippen LogP contribution in [0, 0.1) is 59.2 Å². The van der Waals surface area contributed by atoms with Crippen molar-refractivity contribution in [1.82, 2.24) is 14.7 Å². The van der Waals surface area contributed by atoms with Crippen molar-refractivity contribution in [2.45, 2.75) is 264 Å². The summed E-state index contributed by atoms with van der Waals surface area (Å²) in [6, 6.07) is 0. The number of ether oxygens (including phenoxy) is 7. The molecule has 3 amide bonds. The molecule has 0 saturated heterocycles. The average molecular weight is 1310 g/mol. The van der Waals surface area contributed by atoms with Gasteiger partial charge in [0.15, 0.2) is 0 Å². The Morgan fingerprint density at radius 3 is 0.846 bits per heavy atom. The van der Waals surface area contributed by atoms with Crippen LogP contribution in [-0.4, -0.2) is 163 Å². The van der Waals surface area contributed by atoms with Gasteiger partial charge in [0.05, 0.1) is 53.0 Å². The Kier molecular flexibility index (Phi) is 91.9. The van der Waals surface area contributed by atoms with Crippen LogP contribution < -0.4 is 0 Å². The van der Waals surface area contributed by atoms with Crippen molar-refractivity contribution in [3.05, 3.63) is 0 Å². The van der Waals surface area contributed by atoms with E-state index in [9.17, 15) is 43.2 Å². The predicted molar refractivity (Wildman–Crippen MR) is 376 cm³/mol. The molecule has 19 nitrogen and oxygen atoms in total. The summed E-state index contributed by atoms with van der Waals surface area (Å²) in [4.78, 5) is 102. The first-order valence-electron chi connectivity index (χ1n) is 34.0. The summed E-state index contributed by atoms with van der Waals surface area (Å²) in [5, 5.41) is 0. The average Bonchev–Trinajstić information content (AvgIpc) is 3.64. The molecule has 0 fully saturated rings. The van der Waals surface area contributed by atoms with E-state index in [-0.39, 0.29) is 59.5 Å². The van der Waals surface area contributed by atoms with E-state index in [1.165, 1.54) is 27.8 Å². The molecule has 0 rings (SSSR count). The van der Waals surface area contributed by atoms with Crippen LogP contribution in [0.2, 0.25) is 0 Å². The summed E-state index contributed by atoms with van der Waals surface area (Å²) in [5.41, 5.74) is 0. The van der Waals surface area contributed by atoms with E-state index in [1.54, 1.807) is 46.9 Å². The summed E-state index contributed by atoms with van der Waals surface area (Å²) in [5.74, 6) is 4.66. The van der Waals surface area contributed by atoms with E-state index >= 15 is 0 Å². The molecule has 0 aliphatic heterocycles. The number of hydrogen-bond acceptors (Lipinski definition) is 16. The second-order valence-corrected chi connectivity index (χ2v) is 25.5. The topological polar surface area (TPSA) is 228 Å². The largest absolute Gasteiger partial charge is 0.469 e. The van der Waals surface area contributed by atoms with Crippen LogP contribution in [0.15, 0.2) is 0 Å². The molecule has 91 heavy (non-hydrogen) atoms. The minimum Gasteiger partial charge on any atom is -0.469 e. The molecule has 0 aliphatic rings. The fourth-order valence-electron chi connectivity index (χ4n) is 5.85. The number of methoxy groups -OCH3 is 4. The second-order valence-electron chi connectivity index (χ2n) is 25.5. The van der Waals surface area contributed by atoms with Crippen molar-refractivity contribution in [3.63, 3.8) is 0 Å². The van der Waals surface area contributed by atoms with E-state index < -0.39 is 0 Å². The van der Waals surface area contributed by atoms with E-state index in [0.717, 1.165) is 64.4 Å². The lowest BCUT2D eigenvalue weighted by Crippen LogP contribution is -2.31. The van der Waals surface area contributed by atoms with Crippen molar-refractivity contribution < 1.29 is 76.3 Å². The highest BCUT2D eigenvalue weighted by molar-refractivity contribution is 5.77. The van der Waals surface area contributed by atoms with Gasteiger partial charge < -0.3 is 47.9 Å². The Hall–Kier alpha value is -4.81. The molecule has 0 aliphatic carbocycles. The normalized spacial score (nSPS) is 9.92. The summed E-state index contributed by atoms with van der Waals surface area (Å²) in [7, 11) is 9.55. The molecule has 0 saturated carbocycles. The lowest BCUT2D eigenvalue weighted by atomic mass is 10.1. The fraction of sp³-hybridized carbons (Fsp3) is 0.875. The Morgan fingerprint density at radius 1 is 0.308 bits per heavy atom. The molecular weight excluding hydrogens is 1160 g/mol. The van der Waals surface area contributed by atoms with Crippen molar-refractivity contribution in [2.75, 3.05) is 95.1 Å². The number of hydrogen-bond donors (Lipinski definition) is 0. The van der Waals surface area contributed by atoms with Gasteiger partial charge in [-0.3, -0.25) is 43.2 Å². The van der Waals surface area contributed by atoms with Gasteiger partial charge in [-0.05, 0) is 128 Å². The molecule has 0 N–H and O–H groups in total. The third-order valence-corrected chi connectivity index (χ3v) is 11.6. The van der Waals surface area contributed by atoms with Crippen LogP contribution in [0.4, 0.5) is 0 Å². The lowest BCUT2D eigenvalue weighted by Gasteiger charge is -2.19. The molecule has 19 heteroatoms. The molecule has 0 bridgehead atoms. The highest BCUT2D eigenvalue weighted by Gasteiger charge is 2.12. The minimum absolute atomic E-state index is 0.00463. The van der Waals surface area contributed by atoms with Crippen LogP contribution >= 0.6 is 0 Å².